The second-order valence-corrected chi connectivity index (χ2v) is 9.69. The van der Waals surface area contributed by atoms with E-state index < -0.39 is 28.1 Å². The number of aryl methyl sites for hydroxylation is 1. The summed E-state index contributed by atoms with van der Waals surface area (Å²) in [6.45, 7) is 0. The maximum Gasteiger partial charge on any atom is 0.414 e. The number of carbonyl (C=O) groups is 2. The topological polar surface area (TPSA) is 160 Å². The molecule has 2 heterocycles. The Balaban J connectivity index is 1.80. The minimum absolute atomic E-state index is 0.0268. The van der Waals surface area contributed by atoms with Crippen molar-refractivity contribution in [1.29, 1.82) is 0 Å². The fourth-order valence-electron chi connectivity index (χ4n) is 2.97. The van der Waals surface area contributed by atoms with Gasteiger partial charge < -0.3 is 20.1 Å². The predicted octanol–water partition coefficient (Wildman–Crippen LogP) is 1.20. The van der Waals surface area contributed by atoms with Gasteiger partial charge in [-0.3, -0.25) is 8.99 Å². The standard InChI is InChI=1S/C21H25N7O6S/c1-26(2)21(31)34-15-7-5-14(6-8-15)9-17(20(29)30)25-19-18(11-22-13-23-19)28(4)35(32,33)16-10-24-27(3)12-16/h5-8,10-13,17H,9H2,1-4H3,(H,29,30)(H,22,23,25)/t17-/m0/s1. The lowest BCUT2D eigenvalue weighted by atomic mass is 10.1. The van der Waals surface area contributed by atoms with Gasteiger partial charge in [0.1, 0.15) is 28.7 Å². The number of sulfonamides is 1. The molecule has 0 unspecified atom stereocenters. The molecule has 14 heteroatoms. The van der Waals surface area contributed by atoms with E-state index in [4.69, 9.17) is 4.74 Å². The number of nitrogens with one attached hydrogen (secondary N) is 1. The van der Waals surface area contributed by atoms with Crippen molar-refractivity contribution in [1.82, 2.24) is 24.6 Å². The van der Waals surface area contributed by atoms with E-state index in [2.05, 4.69) is 20.4 Å². The van der Waals surface area contributed by atoms with E-state index in [1.54, 1.807) is 45.4 Å². The Bertz CT molecular complexity index is 1310. The predicted molar refractivity (Wildman–Crippen MR) is 126 cm³/mol. The molecule has 0 aliphatic heterocycles. The molecule has 2 aromatic heterocycles. The zero-order valence-electron chi connectivity index (χ0n) is 19.5. The van der Waals surface area contributed by atoms with Crippen LogP contribution in [0.25, 0.3) is 0 Å². The molecule has 3 aromatic rings. The van der Waals surface area contributed by atoms with Gasteiger partial charge in [0.25, 0.3) is 10.0 Å². The summed E-state index contributed by atoms with van der Waals surface area (Å²) in [6.07, 6.45) is 4.52. The molecule has 13 nitrogen and oxygen atoms in total. The van der Waals surface area contributed by atoms with E-state index in [1.165, 1.54) is 41.5 Å². The largest absolute Gasteiger partial charge is 0.480 e. The van der Waals surface area contributed by atoms with Gasteiger partial charge in [-0.05, 0) is 17.7 Å². The number of amides is 1. The van der Waals surface area contributed by atoms with Crippen molar-refractivity contribution in [3.05, 3.63) is 54.7 Å². The van der Waals surface area contributed by atoms with Gasteiger partial charge in [-0.2, -0.15) is 5.10 Å². The van der Waals surface area contributed by atoms with Crippen LogP contribution in [-0.2, 0) is 28.3 Å². The molecule has 0 saturated carbocycles. The van der Waals surface area contributed by atoms with E-state index in [0.717, 1.165) is 4.31 Å². The van der Waals surface area contributed by atoms with Gasteiger partial charge in [0.15, 0.2) is 5.82 Å². The van der Waals surface area contributed by atoms with Gasteiger partial charge in [0.05, 0.1) is 12.4 Å². The third-order valence-corrected chi connectivity index (χ3v) is 6.64. The molecule has 2 N–H and O–H groups in total. The van der Waals surface area contributed by atoms with Gasteiger partial charge >= 0.3 is 12.1 Å². The van der Waals surface area contributed by atoms with Crippen molar-refractivity contribution < 1.29 is 27.9 Å². The number of hydrogen-bond donors (Lipinski definition) is 2. The maximum absolute atomic E-state index is 13.0. The first-order valence-electron chi connectivity index (χ1n) is 10.2. The van der Waals surface area contributed by atoms with E-state index in [9.17, 15) is 23.1 Å². The van der Waals surface area contributed by atoms with Crippen LogP contribution in [0.4, 0.5) is 16.3 Å². The average Bonchev–Trinajstić information content (AvgIpc) is 3.26. The first kappa shape index (κ1) is 25.4. The summed E-state index contributed by atoms with van der Waals surface area (Å²) in [6, 6.07) is 5.24. The highest BCUT2D eigenvalue weighted by Gasteiger charge is 2.27. The maximum atomic E-state index is 13.0. The lowest BCUT2D eigenvalue weighted by Gasteiger charge is -2.23. The molecule has 0 saturated heterocycles. The number of benzene rings is 1. The van der Waals surface area contributed by atoms with Gasteiger partial charge in [-0.1, -0.05) is 12.1 Å². The van der Waals surface area contributed by atoms with Crippen LogP contribution in [0.5, 0.6) is 5.75 Å². The molecule has 186 valence electrons. The lowest BCUT2D eigenvalue weighted by molar-refractivity contribution is -0.137. The highest BCUT2D eigenvalue weighted by molar-refractivity contribution is 7.92. The summed E-state index contributed by atoms with van der Waals surface area (Å²) in [7, 11) is 2.03. The third kappa shape index (κ3) is 6.03. The van der Waals surface area contributed by atoms with Crippen molar-refractivity contribution >= 4 is 33.6 Å². The van der Waals surface area contributed by atoms with E-state index in [1.807, 2.05) is 0 Å². The van der Waals surface area contributed by atoms with Crippen LogP contribution in [0, 0.1) is 0 Å². The zero-order valence-corrected chi connectivity index (χ0v) is 20.3. The number of aromatic nitrogens is 4. The molecule has 35 heavy (non-hydrogen) atoms. The normalized spacial score (nSPS) is 12.0. The highest BCUT2D eigenvalue weighted by Crippen LogP contribution is 2.27. The monoisotopic (exact) mass is 503 g/mol. The summed E-state index contributed by atoms with van der Waals surface area (Å²) in [5, 5.41) is 16.5. The summed E-state index contributed by atoms with van der Waals surface area (Å²) >= 11 is 0. The molecule has 0 fully saturated rings. The van der Waals surface area contributed by atoms with Gasteiger partial charge in [-0.25, -0.2) is 28.0 Å². The third-order valence-electron chi connectivity index (χ3n) is 4.91. The van der Waals surface area contributed by atoms with Crippen molar-refractivity contribution in [3.63, 3.8) is 0 Å². The van der Waals surface area contributed by atoms with Gasteiger partial charge in [0.2, 0.25) is 0 Å². The van der Waals surface area contributed by atoms with Crippen molar-refractivity contribution in [2.45, 2.75) is 17.4 Å². The van der Waals surface area contributed by atoms with Gasteiger partial charge in [-0.15, -0.1) is 0 Å². The number of carbonyl (C=O) groups excluding carboxylic acids is 1. The van der Waals surface area contributed by atoms with Crippen LogP contribution in [0.2, 0.25) is 0 Å². The van der Waals surface area contributed by atoms with Crippen LogP contribution in [0.15, 0.2) is 54.1 Å². The van der Waals surface area contributed by atoms with E-state index in [-0.39, 0.29) is 22.8 Å². The van der Waals surface area contributed by atoms with Crippen LogP contribution in [0.3, 0.4) is 0 Å². The number of anilines is 2. The van der Waals surface area contributed by atoms with Crippen molar-refractivity contribution in [2.24, 2.45) is 7.05 Å². The Morgan fingerprint density at radius 3 is 2.43 bits per heavy atom. The Hall–Kier alpha value is -4.20. The quantitative estimate of drug-likeness (QED) is 0.434. The number of carboxylic acid groups (broad SMARTS) is 1. The fraction of sp³-hybridized carbons (Fsp3) is 0.286. The molecule has 0 aliphatic carbocycles. The number of hydrogen-bond acceptors (Lipinski definition) is 9. The van der Waals surface area contributed by atoms with Crippen molar-refractivity contribution in [3.8, 4) is 5.75 Å². The summed E-state index contributed by atoms with van der Waals surface area (Å²) < 4.78 is 33.5. The van der Waals surface area contributed by atoms with E-state index in [0.29, 0.717) is 11.3 Å². The molecule has 1 aromatic carbocycles. The first-order valence-corrected chi connectivity index (χ1v) is 11.7. The molecule has 1 amide bonds. The number of rotatable bonds is 9. The average molecular weight is 504 g/mol. The molecule has 0 spiro atoms. The number of carboxylic acids is 1. The van der Waals surface area contributed by atoms with Gasteiger partial charge in [0, 0.05) is 40.8 Å². The molecule has 0 aliphatic rings. The van der Waals surface area contributed by atoms with Crippen LogP contribution < -0.4 is 14.4 Å². The summed E-state index contributed by atoms with van der Waals surface area (Å²) in [5.74, 6) is -0.832. The van der Waals surface area contributed by atoms with Crippen LogP contribution in [0.1, 0.15) is 5.56 Å². The Morgan fingerprint density at radius 1 is 1.17 bits per heavy atom. The Labute approximate surface area is 202 Å². The highest BCUT2D eigenvalue weighted by atomic mass is 32.2. The fourth-order valence-corrected chi connectivity index (χ4v) is 4.14. The molecular formula is C21H25N7O6S. The minimum Gasteiger partial charge on any atom is -0.480 e. The van der Waals surface area contributed by atoms with Crippen LogP contribution in [-0.4, -0.2) is 77.4 Å². The SMILES string of the molecule is CN(C)C(=O)Oc1ccc(C[C@H](Nc2ncncc2N(C)S(=O)(=O)c2cnn(C)c2)C(=O)O)cc1. The summed E-state index contributed by atoms with van der Waals surface area (Å²) in [5.41, 5.74) is 0.704. The molecule has 1 atom stereocenters. The Morgan fingerprint density at radius 2 is 1.86 bits per heavy atom. The lowest BCUT2D eigenvalue weighted by Crippen LogP contribution is -2.34. The second kappa shape index (κ2) is 10.4. The Kier molecular flexibility index (Phi) is 7.54. The van der Waals surface area contributed by atoms with E-state index >= 15 is 0 Å². The molecular weight excluding hydrogens is 478 g/mol. The number of nitrogens with zero attached hydrogens (tertiary/aromatic N) is 6. The zero-order chi connectivity index (χ0) is 25.8. The molecule has 3 rings (SSSR count). The second-order valence-electron chi connectivity index (χ2n) is 7.72. The molecule has 0 bridgehead atoms. The first-order chi connectivity index (χ1) is 16.5. The van der Waals surface area contributed by atoms with Crippen LogP contribution >= 0.6 is 0 Å². The summed E-state index contributed by atoms with van der Waals surface area (Å²) in [4.78, 5) is 32.8. The molecule has 0 radical (unpaired) electrons. The smallest absolute Gasteiger partial charge is 0.414 e. The van der Waals surface area contributed by atoms with Crippen molar-refractivity contribution in [2.75, 3.05) is 30.8 Å². The number of ether oxygens (including phenoxy) is 1. The minimum atomic E-state index is -3.99. The number of aliphatic carboxylic acids is 1.